The van der Waals surface area contributed by atoms with Gasteiger partial charge in [0, 0.05) is 5.69 Å². The van der Waals surface area contributed by atoms with E-state index in [4.69, 9.17) is 0 Å². The average Bonchev–Trinajstić information content (AvgIpc) is 2.77. The summed E-state index contributed by atoms with van der Waals surface area (Å²) in [5, 5.41) is 3.00. The molecule has 1 N–H and O–H groups in total. The third kappa shape index (κ3) is 3.07. The van der Waals surface area contributed by atoms with E-state index in [9.17, 15) is 4.79 Å². The maximum absolute atomic E-state index is 11.9. The van der Waals surface area contributed by atoms with Gasteiger partial charge in [-0.2, -0.15) is 0 Å². The van der Waals surface area contributed by atoms with Crippen LogP contribution in [0.15, 0.2) is 18.2 Å². The van der Waals surface area contributed by atoms with E-state index >= 15 is 0 Å². The lowest BCUT2D eigenvalue weighted by Crippen LogP contribution is -2.31. The van der Waals surface area contributed by atoms with E-state index in [1.165, 1.54) is 18.4 Å². The summed E-state index contributed by atoms with van der Waals surface area (Å²) in [6, 6.07) is 6.00. The fourth-order valence-electron chi connectivity index (χ4n) is 2.22. The Morgan fingerprint density at radius 3 is 2.71 bits per heavy atom. The number of likely N-dealkylation sites (tertiary alicyclic amines) is 1. The van der Waals surface area contributed by atoms with Crippen molar-refractivity contribution in [2.75, 3.05) is 25.0 Å². The van der Waals surface area contributed by atoms with Gasteiger partial charge in [-0.3, -0.25) is 9.69 Å². The minimum atomic E-state index is 0.0978. The molecule has 1 aromatic rings. The van der Waals surface area contributed by atoms with Crippen molar-refractivity contribution in [1.82, 2.24) is 4.90 Å². The zero-order valence-electron chi connectivity index (χ0n) is 10.6. The Bertz CT molecular complexity index is 409. The van der Waals surface area contributed by atoms with Crippen LogP contribution in [-0.2, 0) is 4.79 Å². The van der Waals surface area contributed by atoms with Gasteiger partial charge in [-0.15, -0.1) is 0 Å². The summed E-state index contributed by atoms with van der Waals surface area (Å²) in [5.74, 6) is 0.0978. The van der Waals surface area contributed by atoms with Gasteiger partial charge in [-0.25, -0.2) is 0 Å². The van der Waals surface area contributed by atoms with E-state index in [2.05, 4.69) is 23.2 Å². The highest BCUT2D eigenvalue weighted by molar-refractivity contribution is 5.93. The summed E-state index contributed by atoms with van der Waals surface area (Å²) >= 11 is 0. The molecule has 3 nitrogen and oxygen atoms in total. The molecule has 1 aromatic carbocycles. The first-order chi connectivity index (χ1) is 8.16. The number of rotatable bonds is 3. The highest BCUT2D eigenvalue weighted by Crippen LogP contribution is 2.18. The highest BCUT2D eigenvalue weighted by Gasteiger charge is 2.15. The Morgan fingerprint density at radius 2 is 2.00 bits per heavy atom. The van der Waals surface area contributed by atoms with Gasteiger partial charge in [0.15, 0.2) is 0 Å². The van der Waals surface area contributed by atoms with Gasteiger partial charge in [0.25, 0.3) is 0 Å². The summed E-state index contributed by atoms with van der Waals surface area (Å²) in [6.07, 6.45) is 2.44. The van der Waals surface area contributed by atoms with Crippen LogP contribution >= 0.6 is 0 Å². The molecular weight excluding hydrogens is 212 g/mol. The lowest BCUT2D eigenvalue weighted by atomic mass is 10.1. The maximum atomic E-state index is 11.9. The van der Waals surface area contributed by atoms with Crippen LogP contribution in [0.3, 0.4) is 0 Å². The van der Waals surface area contributed by atoms with E-state index < -0.39 is 0 Å². The molecule has 0 unspecified atom stereocenters. The molecule has 1 heterocycles. The molecule has 2 rings (SSSR count). The smallest absolute Gasteiger partial charge is 0.238 e. The Morgan fingerprint density at radius 1 is 1.29 bits per heavy atom. The molecule has 0 atom stereocenters. The van der Waals surface area contributed by atoms with Crippen LogP contribution in [0.2, 0.25) is 0 Å². The largest absolute Gasteiger partial charge is 0.325 e. The Balaban J connectivity index is 1.95. The van der Waals surface area contributed by atoms with Crippen molar-refractivity contribution in [3.05, 3.63) is 29.3 Å². The lowest BCUT2D eigenvalue weighted by molar-refractivity contribution is -0.117. The minimum absolute atomic E-state index is 0.0978. The van der Waals surface area contributed by atoms with Crippen molar-refractivity contribution in [2.45, 2.75) is 26.7 Å². The third-order valence-corrected chi connectivity index (χ3v) is 3.44. The molecule has 92 valence electrons. The van der Waals surface area contributed by atoms with E-state index in [0.29, 0.717) is 6.54 Å². The van der Waals surface area contributed by atoms with Gasteiger partial charge >= 0.3 is 0 Å². The molecule has 0 radical (unpaired) electrons. The van der Waals surface area contributed by atoms with Gasteiger partial charge < -0.3 is 5.32 Å². The summed E-state index contributed by atoms with van der Waals surface area (Å²) in [6.45, 7) is 6.74. The predicted octanol–water partition coefficient (Wildman–Crippen LogP) is 2.34. The van der Waals surface area contributed by atoms with Crippen molar-refractivity contribution in [3.63, 3.8) is 0 Å². The number of amides is 1. The Hall–Kier alpha value is -1.35. The van der Waals surface area contributed by atoms with Crippen LogP contribution in [0.5, 0.6) is 0 Å². The van der Waals surface area contributed by atoms with Gasteiger partial charge in [-0.05, 0) is 57.0 Å². The number of nitrogens with one attached hydrogen (secondary N) is 1. The molecule has 0 saturated carbocycles. The number of benzene rings is 1. The van der Waals surface area contributed by atoms with Crippen LogP contribution in [0.25, 0.3) is 0 Å². The first-order valence-electron chi connectivity index (χ1n) is 6.25. The molecule has 1 fully saturated rings. The van der Waals surface area contributed by atoms with Crippen molar-refractivity contribution in [3.8, 4) is 0 Å². The summed E-state index contributed by atoms with van der Waals surface area (Å²) < 4.78 is 0. The zero-order valence-corrected chi connectivity index (χ0v) is 10.6. The van der Waals surface area contributed by atoms with Gasteiger partial charge in [0.2, 0.25) is 5.91 Å². The molecule has 0 spiro atoms. The molecule has 1 aliphatic heterocycles. The molecular formula is C14H20N2O. The van der Waals surface area contributed by atoms with Crippen molar-refractivity contribution < 1.29 is 4.79 Å². The van der Waals surface area contributed by atoms with Crippen LogP contribution in [-0.4, -0.2) is 30.4 Å². The fourth-order valence-corrected chi connectivity index (χ4v) is 2.22. The van der Waals surface area contributed by atoms with E-state index in [-0.39, 0.29) is 5.91 Å². The van der Waals surface area contributed by atoms with Crippen molar-refractivity contribution in [1.29, 1.82) is 0 Å². The number of carbonyl (C=O) groups is 1. The first-order valence-corrected chi connectivity index (χ1v) is 6.25. The zero-order chi connectivity index (χ0) is 12.3. The van der Waals surface area contributed by atoms with Gasteiger partial charge in [0.05, 0.1) is 6.54 Å². The number of nitrogens with zero attached hydrogens (tertiary/aromatic N) is 1. The number of carbonyl (C=O) groups excluding carboxylic acids is 1. The normalized spacial score (nSPS) is 16.1. The molecule has 0 aliphatic carbocycles. The number of hydrogen-bond acceptors (Lipinski definition) is 2. The number of hydrogen-bond donors (Lipinski definition) is 1. The second-order valence-electron chi connectivity index (χ2n) is 4.78. The van der Waals surface area contributed by atoms with Crippen molar-refractivity contribution in [2.24, 2.45) is 0 Å². The first kappa shape index (κ1) is 12.1. The molecule has 17 heavy (non-hydrogen) atoms. The van der Waals surface area contributed by atoms with Gasteiger partial charge in [-0.1, -0.05) is 12.1 Å². The Kier molecular flexibility index (Phi) is 3.79. The van der Waals surface area contributed by atoms with E-state index in [0.717, 1.165) is 24.3 Å². The molecule has 1 amide bonds. The van der Waals surface area contributed by atoms with Crippen LogP contribution in [0.4, 0.5) is 5.69 Å². The second kappa shape index (κ2) is 5.32. The quantitative estimate of drug-likeness (QED) is 0.867. The lowest BCUT2D eigenvalue weighted by Gasteiger charge is -2.15. The van der Waals surface area contributed by atoms with Crippen LogP contribution in [0.1, 0.15) is 24.0 Å². The summed E-state index contributed by atoms with van der Waals surface area (Å²) in [4.78, 5) is 14.1. The Labute approximate surface area is 103 Å². The average molecular weight is 232 g/mol. The molecule has 3 heteroatoms. The summed E-state index contributed by atoms with van der Waals surface area (Å²) in [5.41, 5.74) is 3.31. The summed E-state index contributed by atoms with van der Waals surface area (Å²) in [7, 11) is 0. The molecule has 1 saturated heterocycles. The highest BCUT2D eigenvalue weighted by atomic mass is 16.2. The molecule has 0 aromatic heterocycles. The SMILES string of the molecule is Cc1cccc(NC(=O)CN2CCCC2)c1C. The van der Waals surface area contributed by atoms with E-state index in [1.54, 1.807) is 0 Å². The third-order valence-electron chi connectivity index (χ3n) is 3.44. The van der Waals surface area contributed by atoms with Crippen molar-refractivity contribution >= 4 is 11.6 Å². The standard InChI is InChI=1S/C14H20N2O/c1-11-6-5-7-13(12(11)2)15-14(17)10-16-8-3-4-9-16/h5-7H,3-4,8-10H2,1-2H3,(H,15,17). The van der Waals surface area contributed by atoms with Crippen LogP contribution in [0, 0.1) is 13.8 Å². The predicted molar refractivity (Wildman–Crippen MR) is 70.2 cm³/mol. The maximum Gasteiger partial charge on any atom is 0.238 e. The second-order valence-corrected chi connectivity index (χ2v) is 4.78. The topological polar surface area (TPSA) is 32.3 Å². The monoisotopic (exact) mass is 232 g/mol. The van der Waals surface area contributed by atoms with E-state index in [1.807, 2.05) is 19.1 Å². The fraction of sp³-hybridized carbons (Fsp3) is 0.500. The number of aryl methyl sites for hydroxylation is 1. The molecule has 0 bridgehead atoms. The van der Waals surface area contributed by atoms with Gasteiger partial charge in [0.1, 0.15) is 0 Å². The molecule has 1 aliphatic rings. The number of anilines is 1. The minimum Gasteiger partial charge on any atom is -0.325 e. The van der Waals surface area contributed by atoms with Crippen LogP contribution < -0.4 is 5.32 Å².